The number of fused-ring (bicyclic) bond motifs is 2. The van der Waals surface area contributed by atoms with Crippen molar-refractivity contribution in [3.05, 3.63) is 48.0 Å². The molecule has 0 bridgehead atoms. The zero-order chi connectivity index (χ0) is 19.5. The van der Waals surface area contributed by atoms with Crippen molar-refractivity contribution in [3.63, 3.8) is 0 Å². The molecule has 2 aliphatic rings. The lowest BCUT2D eigenvalue weighted by atomic mass is 10.0. The van der Waals surface area contributed by atoms with Gasteiger partial charge in [0.1, 0.15) is 18.2 Å². The van der Waals surface area contributed by atoms with Crippen molar-refractivity contribution in [2.45, 2.75) is 23.4 Å². The molecule has 3 atom stereocenters. The number of hydrogen-bond acceptors (Lipinski definition) is 8. The van der Waals surface area contributed by atoms with Crippen LogP contribution in [0.4, 0.5) is 5.82 Å². The molecule has 3 aromatic rings. The van der Waals surface area contributed by atoms with Crippen LogP contribution in [0, 0.1) is 11.3 Å². The molecule has 0 amide bonds. The van der Waals surface area contributed by atoms with Crippen LogP contribution in [0.15, 0.2) is 47.6 Å². The number of thioether (sulfide) groups is 1. The molecule has 28 heavy (non-hydrogen) atoms. The summed E-state index contributed by atoms with van der Waals surface area (Å²) in [7, 11) is 0. The number of aliphatic hydroxyl groups excluding tert-OH is 3. The van der Waals surface area contributed by atoms with Crippen LogP contribution in [0.1, 0.15) is 12.0 Å². The van der Waals surface area contributed by atoms with E-state index in [1.54, 1.807) is 4.57 Å². The van der Waals surface area contributed by atoms with E-state index in [1.165, 1.54) is 18.1 Å². The molecule has 1 fully saturated rings. The summed E-state index contributed by atoms with van der Waals surface area (Å²) in [6.07, 6.45) is 1.06. The highest BCUT2D eigenvalue weighted by Gasteiger charge is 2.67. The molecule has 5 rings (SSSR count). The van der Waals surface area contributed by atoms with Crippen molar-refractivity contribution < 1.29 is 15.3 Å². The third-order valence-electron chi connectivity index (χ3n) is 5.68. The van der Waals surface area contributed by atoms with Gasteiger partial charge >= 0.3 is 0 Å². The second-order valence-electron chi connectivity index (χ2n) is 7.27. The van der Waals surface area contributed by atoms with Gasteiger partial charge in [-0.05, 0) is 12.0 Å². The van der Waals surface area contributed by atoms with Gasteiger partial charge in [-0.3, -0.25) is 4.57 Å². The summed E-state index contributed by atoms with van der Waals surface area (Å²) in [5, 5.41) is 31.0. The van der Waals surface area contributed by atoms with E-state index in [-0.39, 0.29) is 24.1 Å². The fraction of sp³-hybridized carbons (Fsp3) is 0.316. The Kier molecular flexibility index (Phi) is 3.87. The molecule has 1 aromatic carbocycles. The molecule has 144 valence electrons. The Bertz CT molecular complexity index is 1100. The largest absolute Gasteiger partial charge is 0.508 e. The van der Waals surface area contributed by atoms with Gasteiger partial charge in [-0.25, -0.2) is 15.0 Å². The average molecular weight is 397 g/mol. The SMILES string of the molecule is Nc1nc(SCc2ccccc2)nc2c1ncn2C1=C(O)C(O)[C@]2(CO)C[C@H]12. The van der Waals surface area contributed by atoms with Gasteiger partial charge in [0.15, 0.2) is 22.1 Å². The van der Waals surface area contributed by atoms with Crippen molar-refractivity contribution in [1.29, 1.82) is 0 Å². The molecule has 0 saturated heterocycles. The second-order valence-corrected chi connectivity index (χ2v) is 8.22. The smallest absolute Gasteiger partial charge is 0.191 e. The predicted molar refractivity (Wildman–Crippen MR) is 105 cm³/mol. The molecule has 8 nitrogen and oxygen atoms in total. The lowest BCUT2D eigenvalue weighted by molar-refractivity contribution is 0.0524. The number of nitrogen functional groups attached to an aromatic ring is 1. The zero-order valence-corrected chi connectivity index (χ0v) is 15.7. The van der Waals surface area contributed by atoms with Gasteiger partial charge in [-0.1, -0.05) is 42.1 Å². The van der Waals surface area contributed by atoms with Crippen LogP contribution in [0.25, 0.3) is 16.9 Å². The lowest BCUT2D eigenvalue weighted by Gasteiger charge is -2.14. The van der Waals surface area contributed by atoms with E-state index in [1.807, 2.05) is 30.3 Å². The van der Waals surface area contributed by atoms with Gasteiger partial charge in [0.2, 0.25) is 0 Å². The second kappa shape index (κ2) is 6.20. The molecule has 2 aromatic heterocycles. The zero-order valence-electron chi connectivity index (χ0n) is 14.9. The minimum atomic E-state index is -1.08. The Morgan fingerprint density at radius 1 is 1.25 bits per heavy atom. The fourth-order valence-electron chi connectivity index (χ4n) is 4.00. The number of rotatable bonds is 5. The highest BCUT2D eigenvalue weighted by Crippen LogP contribution is 2.66. The number of nitrogens with zero attached hydrogens (tertiary/aromatic N) is 4. The van der Waals surface area contributed by atoms with E-state index in [2.05, 4.69) is 15.0 Å². The summed E-state index contributed by atoms with van der Waals surface area (Å²) in [6.45, 7) is -0.186. The van der Waals surface area contributed by atoms with Crippen LogP contribution >= 0.6 is 11.8 Å². The number of anilines is 1. The van der Waals surface area contributed by atoms with Gasteiger partial charge in [0, 0.05) is 17.1 Å². The maximum atomic E-state index is 10.5. The van der Waals surface area contributed by atoms with Crippen LogP contribution in [0.3, 0.4) is 0 Å². The van der Waals surface area contributed by atoms with Gasteiger partial charge in [-0.2, -0.15) is 0 Å². The van der Waals surface area contributed by atoms with Crippen molar-refractivity contribution >= 4 is 34.4 Å². The fourth-order valence-corrected chi connectivity index (χ4v) is 4.80. The summed E-state index contributed by atoms with van der Waals surface area (Å²) < 4.78 is 1.66. The summed E-state index contributed by atoms with van der Waals surface area (Å²) in [5.74, 6) is 0.687. The van der Waals surface area contributed by atoms with E-state index in [9.17, 15) is 15.3 Å². The number of benzene rings is 1. The van der Waals surface area contributed by atoms with Crippen molar-refractivity contribution in [2.24, 2.45) is 11.3 Å². The van der Waals surface area contributed by atoms with E-state index in [0.29, 0.717) is 34.2 Å². The Hall–Kier alpha value is -2.62. The monoisotopic (exact) mass is 397 g/mol. The number of aromatic nitrogens is 4. The van der Waals surface area contributed by atoms with E-state index >= 15 is 0 Å². The van der Waals surface area contributed by atoms with Gasteiger partial charge in [0.25, 0.3) is 0 Å². The highest BCUT2D eigenvalue weighted by molar-refractivity contribution is 7.98. The molecule has 1 unspecified atom stereocenters. The molecular weight excluding hydrogens is 378 g/mol. The summed E-state index contributed by atoms with van der Waals surface area (Å²) in [4.78, 5) is 13.2. The van der Waals surface area contributed by atoms with Crippen LogP contribution < -0.4 is 5.73 Å². The predicted octanol–water partition coefficient (Wildman–Crippen LogP) is 1.80. The molecule has 0 spiro atoms. The molecule has 5 N–H and O–H groups in total. The quantitative estimate of drug-likeness (QED) is 0.379. The average Bonchev–Trinajstić information content (AvgIpc) is 3.23. The van der Waals surface area contributed by atoms with E-state index < -0.39 is 11.5 Å². The van der Waals surface area contributed by atoms with E-state index in [0.717, 1.165) is 5.56 Å². The van der Waals surface area contributed by atoms with Crippen molar-refractivity contribution in [2.75, 3.05) is 12.3 Å². The van der Waals surface area contributed by atoms with Crippen LogP contribution in [-0.2, 0) is 5.75 Å². The Labute approximate surface area is 164 Å². The normalized spacial score (nSPS) is 26.1. The third kappa shape index (κ3) is 2.43. The maximum Gasteiger partial charge on any atom is 0.191 e. The molecule has 9 heteroatoms. The minimum Gasteiger partial charge on any atom is -0.508 e. The molecular formula is C19H19N5O3S. The van der Waals surface area contributed by atoms with Crippen LogP contribution in [0.5, 0.6) is 0 Å². The standard InChI is InChI=1S/C19H19N5O3S/c20-16-12-17(23-18(22-16)28-7-10-4-2-1-3-5-10)24(9-21-12)13-11-6-19(11,8-25)15(27)14(13)26/h1-5,9,11,15,25-27H,6-8H2,(H2,20,22,23)/t11-,15?,19+/m1/s1. The van der Waals surface area contributed by atoms with Crippen molar-refractivity contribution in [1.82, 2.24) is 19.5 Å². The molecule has 2 heterocycles. The van der Waals surface area contributed by atoms with Crippen LogP contribution in [-0.4, -0.2) is 47.5 Å². The number of imidazole rings is 1. The topological polar surface area (TPSA) is 130 Å². The van der Waals surface area contributed by atoms with Gasteiger partial charge in [-0.15, -0.1) is 0 Å². The Balaban J connectivity index is 1.52. The van der Waals surface area contributed by atoms with E-state index in [4.69, 9.17) is 5.73 Å². The summed E-state index contributed by atoms with van der Waals surface area (Å²) >= 11 is 1.46. The minimum absolute atomic E-state index is 0.137. The maximum absolute atomic E-state index is 10.5. The molecule has 0 aliphatic heterocycles. The lowest BCUT2D eigenvalue weighted by Crippen LogP contribution is -2.25. The molecule has 0 radical (unpaired) electrons. The Morgan fingerprint density at radius 2 is 2.04 bits per heavy atom. The third-order valence-corrected chi connectivity index (χ3v) is 6.60. The summed E-state index contributed by atoms with van der Waals surface area (Å²) in [5.41, 5.74) is 8.00. The van der Waals surface area contributed by atoms with Crippen molar-refractivity contribution in [3.8, 4) is 0 Å². The Morgan fingerprint density at radius 3 is 2.75 bits per heavy atom. The number of nitrogens with two attached hydrogens (primary N) is 1. The van der Waals surface area contributed by atoms with Gasteiger partial charge < -0.3 is 21.1 Å². The first-order valence-electron chi connectivity index (χ1n) is 8.95. The number of allylic oxidation sites excluding steroid dienone is 1. The number of hydrogen-bond donors (Lipinski definition) is 4. The van der Waals surface area contributed by atoms with Gasteiger partial charge in [0.05, 0.1) is 12.3 Å². The molecule has 1 saturated carbocycles. The first kappa shape index (κ1) is 17.5. The first-order chi connectivity index (χ1) is 13.5. The molecule has 2 aliphatic carbocycles. The summed E-state index contributed by atoms with van der Waals surface area (Å²) in [6, 6.07) is 9.99. The first-order valence-corrected chi connectivity index (χ1v) is 9.93. The highest BCUT2D eigenvalue weighted by atomic mass is 32.2. The number of aliphatic hydroxyl groups is 3. The van der Waals surface area contributed by atoms with Crippen LogP contribution in [0.2, 0.25) is 0 Å².